The SMILES string of the molecule is COc1cc2c(cc1[C@H]1[C@H](C(=O)O)C1(C)C)OCO2. The van der Waals surface area contributed by atoms with Crippen molar-refractivity contribution in [3.8, 4) is 17.2 Å². The molecule has 5 heteroatoms. The van der Waals surface area contributed by atoms with Crippen LogP contribution in [0.25, 0.3) is 0 Å². The van der Waals surface area contributed by atoms with E-state index in [1.54, 1.807) is 13.2 Å². The van der Waals surface area contributed by atoms with Crippen molar-refractivity contribution in [3.63, 3.8) is 0 Å². The van der Waals surface area contributed by atoms with Crippen molar-refractivity contribution in [2.75, 3.05) is 13.9 Å². The predicted molar refractivity (Wildman–Crippen MR) is 66.8 cm³/mol. The van der Waals surface area contributed by atoms with Gasteiger partial charge in [0, 0.05) is 17.5 Å². The Kier molecular flexibility index (Phi) is 2.42. The van der Waals surface area contributed by atoms with Gasteiger partial charge in [0.2, 0.25) is 6.79 Å². The molecule has 0 radical (unpaired) electrons. The minimum absolute atomic E-state index is 0.0607. The minimum Gasteiger partial charge on any atom is -0.496 e. The maximum absolute atomic E-state index is 11.3. The van der Waals surface area contributed by atoms with E-state index in [1.165, 1.54) is 0 Å². The molecule has 3 rings (SSSR count). The topological polar surface area (TPSA) is 65.0 Å². The van der Waals surface area contributed by atoms with Crippen LogP contribution in [0.2, 0.25) is 0 Å². The minimum atomic E-state index is -0.769. The third kappa shape index (κ3) is 1.64. The largest absolute Gasteiger partial charge is 0.496 e. The molecule has 1 saturated carbocycles. The van der Waals surface area contributed by atoms with Crippen LogP contribution in [0.3, 0.4) is 0 Å². The second-order valence-corrected chi connectivity index (χ2v) is 5.56. The van der Waals surface area contributed by atoms with Crippen LogP contribution >= 0.6 is 0 Å². The normalized spacial score (nSPS) is 26.1. The Labute approximate surface area is 111 Å². The van der Waals surface area contributed by atoms with E-state index >= 15 is 0 Å². The van der Waals surface area contributed by atoms with Crippen LogP contribution in [-0.2, 0) is 4.79 Å². The summed E-state index contributed by atoms with van der Waals surface area (Å²) in [6, 6.07) is 3.61. The van der Waals surface area contributed by atoms with E-state index in [0.717, 1.165) is 5.56 Å². The summed E-state index contributed by atoms with van der Waals surface area (Å²) in [6.07, 6.45) is 0. The molecule has 2 atom stereocenters. The van der Waals surface area contributed by atoms with Gasteiger partial charge in [0.15, 0.2) is 11.5 Å². The number of hydrogen-bond acceptors (Lipinski definition) is 4. The second kappa shape index (κ2) is 3.79. The van der Waals surface area contributed by atoms with Gasteiger partial charge in [-0.1, -0.05) is 13.8 Å². The second-order valence-electron chi connectivity index (χ2n) is 5.56. The van der Waals surface area contributed by atoms with Crippen molar-refractivity contribution in [2.45, 2.75) is 19.8 Å². The number of benzene rings is 1. The number of ether oxygens (including phenoxy) is 3. The summed E-state index contributed by atoms with van der Waals surface area (Å²) in [4.78, 5) is 11.3. The van der Waals surface area contributed by atoms with Crippen LogP contribution in [0.4, 0.5) is 0 Å². The van der Waals surface area contributed by atoms with E-state index < -0.39 is 5.97 Å². The lowest BCUT2D eigenvalue weighted by Crippen LogP contribution is -2.03. The first kappa shape index (κ1) is 12.1. The summed E-state index contributed by atoms with van der Waals surface area (Å²) in [6.45, 7) is 4.11. The molecule has 0 bridgehead atoms. The lowest BCUT2D eigenvalue weighted by molar-refractivity contribution is -0.139. The Balaban J connectivity index is 2.04. The van der Waals surface area contributed by atoms with Crippen LogP contribution in [-0.4, -0.2) is 25.0 Å². The molecule has 0 spiro atoms. The molecule has 1 aliphatic heterocycles. The molecule has 0 unspecified atom stereocenters. The highest BCUT2D eigenvalue weighted by Crippen LogP contribution is 2.66. The van der Waals surface area contributed by atoms with Gasteiger partial charge in [0.1, 0.15) is 5.75 Å². The van der Waals surface area contributed by atoms with E-state index in [1.807, 2.05) is 19.9 Å². The van der Waals surface area contributed by atoms with Crippen LogP contribution in [0.1, 0.15) is 25.3 Å². The van der Waals surface area contributed by atoms with Gasteiger partial charge < -0.3 is 19.3 Å². The van der Waals surface area contributed by atoms with Crippen LogP contribution < -0.4 is 14.2 Å². The molecule has 1 aromatic carbocycles. The van der Waals surface area contributed by atoms with Gasteiger partial charge in [-0.3, -0.25) is 4.79 Å². The summed E-state index contributed by atoms with van der Waals surface area (Å²) in [5.41, 5.74) is 0.608. The van der Waals surface area contributed by atoms with Crippen molar-refractivity contribution in [1.82, 2.24) is 0 Å². The number of fused-ring (bicyclic) bond motifs is 1. The number of aliphatic carboxylic acids is 1. The first-order valence-corrected chi connectivity index (χ1v) is 6.17. The first-order valence-electron chi connectivity index (χ1n) is 6.17. The maximum Gasteiger partial charge on any atom is 0.307 e. The highest BCUT2D eigenvalue weighted by atomic mass is 16.7. The van der Waals surface area contributed by atoms with Crippen molar-refractivity contribution < 1.29 is 24.1 Å². The Morgan fingerprint density at radius 1 is 1.37 bits per heavy atom. The van der Waals surface area contributed by atoms with E-state index in [0.29, 0.717) is 17.2 Å². The zero-order valence-electron chi connectivity index (χ0n) is 11.1. The molecule has 1 aromatic rings. The predicted octanol–water partition coefficient (Wildman–Crippen LogP) is 2.25. The zero-order chi connectivity index (χ0) is 13.8. The number of carboxylic acid groups (broad SMARTS) is 1. The molecule has 1 fully saturated rings. The standard InChI is InChI=1S/C14H16O5/c1-14(2)11(12(14)13(15)16)7-4-9-10(19-6-18-9)5-8(7)17-3/h4-5,11-12H,6H2,1-3H3,(H,15,16)/t11-,12+/m0/s1. The van der Waals surface area contributed by atoms with Gasteiger partial charge in [0.05, 0.1) is 13.0 Å². The fourth-order valence-corrected chi connectivity index (χ4v) is 3.04. The lowest BCUT2D eigenvalue weighted by Gasteiger charge is -2.10. The van der Waals surface area contributed by atoms with Crippen LogP contribution in [0, 0.1) is 11.3 Å². The molecule has 2 aliphatic rings. The Hall–Kier alpha value is -1.91. The fraction of sp³-hybridized carbons (Fsp3) is 0.500. The van der Waals surface area contributed by atoms with Crippen LogP contribution in [0.15, 0.2) is 12.1 Å². The van der Waals surface area contributed by atoms with Crippen molar-refractivity contribution >= 4 is 5.97 Å². The maximum atomic E-state index is 11.3. The van der Waals surface area contributed by atoms with Crippen molar-refractivity contribution in [3.05, 3.63) is 17.7 Å². The van der Waals surface area contributed by atoms with Gasteiger partial charge in [-0.2, -0.15) is 0 Å². The number of hydrogen-bond donors (Lipinski definition) is 1. The molecule has 1 aliphatic carbocycles. The molecule has 1 heterocycles. The lowest BCUT2D eigenvalue weighted by atomic mass is 10.0. The molecule has 19 heavy (non-hydrogen) atoms. The van der Waals surface area contributed by atoms with Gasteiger partial charge in [-0.05, 0) is 11.5 Å². The Morgan fingerprint density at radius 3 is 2.53 bits per heavy atom. The Bertz CT molecular complexity index is 549. The van der Waals surface area contributed by atoms with Crippen LogP contribution in [0.5, 0.6) is 17.2 Å². The molecule has 0 saturated heterocycles. The van der Waals surface area contributed by atoms with Crippen molar-refractivity contribution in [2.24, 2.45) is 11.3 Å². The average molecular weight is 264 g/mol. The Morgan fingerprint density at radius 2 is 2.00 bits per heavy atom. The number of rotatable bonds is 3. The molecule has 1 N–H and O–H groups in total. The van der Waals surface area contributed by atoms with Gasteiger partial charge in [-0.25, -0.2) is 0 Å². The van der Waals surface area contributed by atoms with Crippen molar-refractivity contribution in [1.29, 1.82) is 0 Å². The zero-order valence-corrected chi connectivity index (χ0v) is 11.1. The summed E-state index contributed by atoms with van der Waals surface area (Å²) >= 11 is 0. The molecule has 0 amide bonds. The summed E-state index contributed by atoms with van der Waals surface area (Å²) in [7, 11) is 1.58. The van der Waals surface area contributed by atoms with Gasteiger partial charge in [-0.15, -0.1) is 0 Å². The van der Waals surface area contributed by atoms with E-state index in [-0.39, 0.29) is 24.0 Å². The number of carboxylic acids is 1. The molecule has 0 aromatic heterocycles. The third-order valence-electron chi connectivity index (χ3n) is 4.15. The summed E-state index contributed by atoms with van der Waals surface area (Å²) in [5, 5.41) is 9.28. The molecular weight excluding hydrogens is 248 g/mol. The fourth-order valence-electron chi connectivity index (χ4n) is 3.04. The summed E-state index contributed by atoms with van der Waals surface area (Å²) < 4.78 is 16.0. The monoisotopic (exact) mass is 264 g/mol. The van der Waals surface area contributed by atoms with Gasteiger partial charge >= 0.3 is 5.97 Å². The average Bonchev–Trinajstić information content (AvgIpc) is 2.71. The molecular formula is C14H16O5. The number of methoxy groups -OCH3 is 1. The van der Waals surface area contributed by atoms with E-state index in [4.69, 9.17) is 14.2 Å². The third-order valence-corrected chi connectivity index (χ3v) is 4.15. The van der Waals surface area contributed by atoms with E-state index in [9.17, 15) is 9.90 Å². The number of carbonyl (C=O) groups is 1. The highest BCUT2D eigenvalue weighted by Gasteiger charge is 2.63. The van der Waals surface area contributed by atoms with Gasteiger partial charge in [0.25, 0.3) is 0 Å². The molecule has 5 nitrogen and oxygen atoms in total. The first-order chi connectivity index (χ1) is 8.96. The van der Waals surface area contributed by atoms with E-state index in [2.05, 4.69) is 0 Å². The smallest absolute Gasteiger partial charge is 0.307 e. The molecule has 102 valence electrons. The quantitative estimate of drug-likeness (QED) is 0.907. The highest BCUT2D eigenvalue weighted by molar-refractivity contribution is 5.78. The summed E-state index contributed by atoms with van der Waals surface area (Å²) in [5.74, 6) is 0.741.